The third-order valence-electron chi connectivity index (χ3n) is 2.61. The Morgan fingerprint density at radius 2 is 2.06 bits per heavy atom. The van der Waals surface area contributed by atoms with E-state index in [-0.39, 0.29) is 0 Å². The molecule has 0 saturated carbocycles. The number of aromatic nitrogens is 3. The zero-order valence-corrected chi connectivity index (χ0v) is 9.45. The van der Waals surface area contributed by atoms with E-state index in [0.29, 0.717) is 11.4 Å². The maximum absolute atomic E-state index is 13.7. The number of rotatable bonds is 1. The molecule has 0 amide bonds. The van der Waals surface area contributed by atoms with E-state index in [1.54, 1.807) is 4.68 Å². The lowest BCUT2D eigenvalue weighted by atomic mass is 10.1. The van der Waals surface area contributed by atoms with E-state index in [0.717, 1.165) is 17.0 Å². The monoisotopic (exact) mass is 220 g/mol. The molecule has 16 heavy (non-hydrogen) atoms. The van der Waals surface area contributed by atoms with E-state index in [1.807, 2.05) is 20.9 Å². The summed E-state index contributed by atoms with van der Waals surface area (Å²) in [5, 5.41) is 4.23. The average Bonchev–Trinajstić information content (AvgIpc) is 2.43. The second kappa shape index (κ2) is 3.59. The van der Waals surface area contributed by atoms with Gasteiger partial charge in [0, 0.05) is 24.4 Å². The summed E-state index contributed by atoms with van der Waals surface area (Å²) in [4.78, 5) is 4.03. The highest BCUT2D eigenvalue weighted by Gasteiger charge is 2.16. The van der Waals surface area contributed by atoms with Crippen LogP contribution in [0.5, 0.6) is 0 Å². The Morgan fingerprint density at radius 3 is 2.56 bits per heavy atom. The molecule has 2 heterocycles. The van der Waals surface area contributed by atoms with Crippen LogP contribution in [-0.2, 0) is 7.05 Å². The number of halogens is 1. The number of hydrogen-bond donors (Lipinski definition) is 1. The molecular weight excluding hydrogens is 207 g/mol. The Labute approximate surface area is 92.9 Å². The SMILES string of the molecule is Cc1nn(C)c(C)c1-c1ncc(N)cc1F. The predicted molar refractivity (Wildman–Crippen MR) is 60.3 cm³/mol. The van der Waals surface area contributed by atoms with Crippen molar-refractivity contribution in [1.29, 1.82) is 0 Å². The summed E-state index contributed by atoms with van der Waals surface area (Å²) < 4.78 is 15.4. The van der Waals surface area contributed by atoms with Crippen LogP contribution in [0.25, 0.3) is 11.3 Å². The molecule has 2 aromatic heterocycles. The minimum atomic E-state index is -0.417. The fourth-order valence-electron chi connectivity index (χ4n) is 1.75. The molecule has 0 aliphatic heterocycles. The number of nitrogens with zero attached hydrogens (tertiary/aromatic N) is 3. The van der Waals surface area contributed by atoms with Gasteiger partial charge >= 0.3 is 0 Å². The van der Waals surface area contributed by atoms with E-state index in [2.05, 4.69) is 10.1 Å². The van der Waals surface area contributed by atoms with Crippen LogP contribution in [0.2, 0.25) is 0 Å². The van der Waals surface area contributed by atoms with Crippen LogP contribution in [0, 0.1) is 19.7 Å². The summed E-state index contributed by atoms with van der Waals surface area (Å²) >= 11 is 0. The topological polar surface area (TPSA) is 56.7 Å². The molecule has 0 saturated heterocycles. The van der Waals surface area contributed by atoms with E-state index in [9.17, 15) is 4.39 Å². The first-order chi connectivity index (χ1) is 7.50. The van der Waals surface area contributed by atoms with Crippen LogP contribution in [0.3, 0.4) is 0 Å². The van der Waals surface area contributed by atoms with Crippen LogP contribution in [0.1, 0.15) is 11.4 Å². The lowest BCUT2D eigenvalue weighted by molar-refractivity contribution is 0.626. The van der Waals surface area contributed by atoms with Crippen LogP contribution >= 0.6 is 0 Å². The molecule has 0 aliphatic carbocycles. The van der Waals surface area contributed by atoms with Crippen molar-refractivity contribution in [3.8, 4) is 11.3 Å². The molecule has 84 valence electrons. The third kappa shape index (κ3) is 1.54. The number of nitrogens with two attached hydrogens (primary N) is 1. The van der Waals surface area contributed by atoms with Crippen molar-refractivity contribution >= 4 is 5.69 Å². The van der Waals surface area contributed by atoms with E-state index in [4.69, 9.17) is 5.73 Å². The van der Waals surface area contributed by atoms with Gasteiger partial charge in [0.1, 0.15) is 5.69 Å². The highest BCUT2D eigenvalue weighted by atomic mass is 19.1. The molecule has 5 heteroatoms. The maximum Gasteiger partial charge on any atom is 0.151 e. The lowest BCUT2D eigenvalue weighted by Crippen LogP contribution is -1.96. The van der Waals surface area contributed by atoms with Crippen LogP contribution < -0.4 is 5.73 Å². The van der Waals surface area contributed by atoms with Crippen molar-refractivity contribution in [3.63, 3.8) is 0 Å². The van der Waals surface area contributed by atoms with Crippen LogP contribution in [0.15, 0.2) is 12.3 Å². The first kappa shape index (κ1) is 10.6. The van der Waals surface area contributed by atoms with Gasteiger partial charge in [0.25, 0.3) is 0 Å². The summed E-state index contributed by atoms with van der Waals surface area (Å²) in [7, 11) is 1.82. The number of aryl methyl sites for hydroxylation is 2. The van der Waals surface area contributed by atoms with E-state index >= 15 is 0 Å². The molecule has 0 atom stereocenters. The number of anilines is 1. The van der Waals surface area contributed by atoms with Gasteiger partial charge in [0.05, 0.1) is 17.6 Å². The number of pyridine rings is 1. The van der Waals surface area contributed by atoms with Crippen LogP contribution in [0.4, 0.5) is 10.1 Å². The average molecular weight is 220 g/mol. The highest BCUT2D eigenvalue weighted by molar-refractivity contribution is 5.66. The van der Waals surface area contributed by atoms with Gasteiger partial charge in [-0.3, -0.25) is 9.67 Å². The van der Waals surface area contributed by atoms with E-state index < -0.39 is 5.82 Å². The minimum absolute atomic E-state index is 0.303. The first-order valence-electron chi connectivity index (χ1n) is 4.92. The second-order valence-electron chi connectivity index (χ2n) is 3.77. The predicted octanol–water partition coefficient (Wildman–Crippen LogP) is 1.82. The molecule has 2 N–H and O–H groups in total. The number of nitrogen functional groups attached to an aromatic ring is 1. The second-order valence-corrected chi connectivity index (χ2v) is 3.77. The van der Waals surface area contributed by atoms with Crippen molar-refractivity contribution in [2.24, 2.45) is 7.05 Å². The quantitative estimate of drug-likeness (QED) is 0.797. The molecule has 0 aromatic carbocycles. The fourth-order valence-corrected chi connectivity index (χ4v) is 1.75. The molecule has 0 aliphatic rings. The summed E-state index contributed by atoms with van der Waals surface area (Å²) in [6.07, 6.45) is 1.45. The first-order valence-corrected chi connectivity index (χ1v) is 4.92. The smallest absolute Gasteiger partial charge is 0.151 e. The van der Waals surface area contributed by atoms with Gasteiger partial charge in [-0.15, -0.1) is 0 Å². The number of hydrogen-bond acceptors (Lipinski definition) is 3. The fraction of sp³-hybridized carbons (Fsp3) is 0.273. The Balaban J connectivity index is 2.67. The molecule has 0 spiro atoms. The summed E-state index contributed by atoms with van der Waals surface area (Å²) in [5.74, 6) is -0.417. The van der Waals surface area contributed by atoms with Crippen molar-refractivity contribution in [3.05, 3.63) is 29.5 Å². The Bertz CT molecular complexity index is 545. The van der Waals surface area contributed by atoms with Gasteiger partial charge < -0.3 is 5.73 Å². The van der Waals surface area contributed by atoms with Gasteiger partial charge in [-0.05, 0) is 13.8 Å². The van der Waals surface area contributed by atoms with Crippen molar-refractivity contribution in [2.45, 2.75) is 13.8 Å². The molecule has 2 rings (SSSR count). The maximum atomic E-state index is 13.7. The largest absolute Gasteiger partial charge is 0.397 e. The van der Waals surface area contributed by atoms with Crippen molar-refractivity contribution < 1.29 is 4.39 Å². The molecule has 2 aromatic rings. The summed E-state index contributed by atoms with van der Waals surface area (Å²) in [6, 6.07) is 1.27. The zero-order chi connectivity index (χ0) is 11.9. The minimum Gasteiger partial charge on any atom is -0.397 e. The summed E-state index contributed by atoms with van der Waals surface area (Å²) in [6.45, 7) is 3.71. The Kier molecular flexibility index (Phi) is 2.38. The standard InChI is InChI=1S/C11H13FN4/c1-6-10(7(2)16(3)15-6)11-9(12)4-8(13)5-14-11/h4-5H,13H2,1-3H3. The van der Waals surface area contributed by atoms with Gasteiger partial charge in [0.15, 0.2) is 5.82 Å². The van der Waals surface area contributed by atoms with Crippen LogP contribution in [-0.4, -0.2) is 14.8 Å². The zero-order valence-electron chi connectivity index (χ0n) is 9.45. The lowest BCUT2D eigenvalue weighted by Gasteiger charge is -2.03. The normalized spacial score (nSPS) is 10.8. The Hall–Kier alpha value is -1.91. The van der Waals surface area contributed by atoms with Gasteiger partial charge in [-0.2, -0.15) is 5.10 Å². The van der Waals surface area contributed by atoms with Gasteiger partial charge in [-0.25, -0.2) is 4.39 Å². The molecule has 4 nitrogen and oxygen atoms in total. The van der Waals surface area contributed by atoms with E-state index in [1.165, 1.54) is 12.3 Å². The molecule has 0 unspecified atom stereocenters. The molecule has 0 radical (unpaired) electrons. The van der Waals surface area contributed by atoms with Gasteiger partial charge in [0.2, 0.25) is 0 Å². The Morgan fingerprint density at radius 1 is 1.38 bits per heavy atom. The molecular formula is C11H13FN4. The van der Waals surface area contributed by atoms with Crippen molar-refractivity contribution in [2.75, 3.05) is 5.73 Å². The third-order valence-corrected chi connectivity index (χ3v) is 2.61. The summed E-state index contributed by atoms with van der Waals surface area (Å²) in [5.41, 5.74) is 8.47. The highest BCUT2D eigenvalue weighted by Crippen LogP contribution is 2.27. The van der Waals surface area contributed by atoms with Gasteiger partial charge in [-0.1, -0.05) is 0 Å². The van der Waals surface area contributed by atoms with Crippen molar-refractivity contribution in [1.82, 2.24) is 14.8 Å². The molecule has 0 bridgehead atoms. The molecule has 0 fully saturated rings.